The topological polar surface area (TPSA) is 34.2 Å². The molecule has 1 fully saturated rings. The molecule has 0 aromatic carbocycles. The van der Waals surface area contributed by atoms with Gasteiger partial charge < -0.3 is 9.47 Å². The van der Waals surface area contributed by atoms with Crippen molar-refractivity contribution in [1.82, 2.24) is 9.96 Å². The van der Waals surface area contributed by atoms with Gasteiger partial charge in [0.15, 0.2) is 6.79 Å². The van der Waals surface area contributed by atoms with E-state index in [1.807, 2.05) is 25.8 Å². The van der Waals surface area contributed by atoms with Gasteiger partial charge in [-0.25, -0.2) is 0 Å². The van der Waals surface area contributed by atoms with Crippen LogP contribution in [0.4, 0.5) is 0 Å². The molecule has 0 N–H and O–H groups in total. The SMILES string of the molecule is CC(C)(C)OCCN1CCN(OCOC(C)(C)C)CC1. The Bertz CT molecular complexity index is 235. The number of piperazine rings is 1. The molecule has 1 rings (SSSR count). The van der Waals surface area contributed by atoms with Crippen molar-refractivity contribution in [3.8, 4) is 0 Å². The summed E-state index contributed by atoms with van der Waals surface area (Å²) in [6, 6.07) is 0. The molecule has 0 radical (unpaired) electrons. The summed E-state index contributed by atoms with van der Waals surface area (Å²) >= 11 is 0. The Morgan fingerprint density at radius 1 is 0.800 bits per heavy atom. The van der Waals surface area contributed by atoms with Gasteiger partial charge in [-0.15, -0.1) is 0 Å². The van der Waals surface area contributed by atoms with E-state index in [4.69, 9.17) is 14.3 Å². The highest BCUT2D eigenvalue weighted by atomic mass is 16.8. The molecule has 1 heterocycles. The Morgan fingerprint density at radius 3 is 1.85 bits per heavy atom. The quantitative estimate of drug-likeness (QED) is 0.699. The first-order valence-corrected chi connectivity index (χ1v) is 7.54. The number of rotatable bonds is 6. The molecule has 0 unspecified atom stereocenters. The molecule has 0 aliphatic carbocycles. The fraction of sp³-hybridized carbons (Fsp3) is 1.00. The summed E-state index contributed by atoms with van der Waals surface area (Å²) in [6.07, 6.45) is 0. The third-order valence-corrected chi connectivity index (χ3v) is 3.00. The van der Waals surface area contributed by atoms with Crippen molar-refractivity contribution in [3.05, 3.63) is 0 Å². The lowest BCUT2D eigenvalue weighted by Gasteiger charge is -2.34. The molecule has 0 atom stereocenters. The summed E-state index contributed by atoms with van der Waals surface area (Å²) in [6.45, 7) is 18.3. The molecule has 1 aliphatic rings. The van der Waals surface area contributed by atoms with E-state index in [0.717, 1.165) is 39.3 Å². The summed E-state index contributed by atoms with van der Waals surface area (Å²) in [5.41, 5.74) is -0.193. The zero-order valence-corrected chi connectivity index (χ0v) is 14.1. The van der Waals surface area contributed by atoms with Gasteiger partial charge in [0.1, 0.15) is 0 Å². The Balaban J connectivity index is 2.08. The van der Waals surface area contributed by atoms with Crippen molar-refractivity contribution in [2.24, 2.45) is 0 Å². The van der Waals surface area contributed by atoms with E-state index in [0.29, 0.717) is 6.79 Å². The molecule has 20 heavy (non-hydrogen) atoms. The largest absolute Gasteiger partial charge is 0.375 e. The van der Waals surface area contributed by atoms with E-state index in [1.165, 1.54) is 0 Å². The second kappa shape index (κ2) is 7.71. The van der Waals surface area contributed by atoms with Crippen LogP contribution in [0.2, 0.25) is 0 Å². The van der Waals surface area contributed by atoms with Crippen LogP contribution in [0.1, 0.15) is 41.5 Å². The molecule has 0 aromatic rings. The van der Waals surface area contributed by atoms with Gasteiger partial charge >= 0.3 is 0 Å². The minimum Gasteiger partial charge on any atom is -0.375 e. The van der Waals surface area contributed by atoms with Gasteiger partial charge in [0, 0.05) is 32.7 Å². The van der Waals surface area contributed by atoms with Crippen LogP contribution in [0.15, 0.2) is 0 Å². The van der Waals surface area contributed by atoms with E-state index in [2.05, 4.69) is 25.7 Å². The lowest BCUT2D eigenvalue weighted by atomic mass is 10.2. The van der Waals surface area contributed by atoms with Crippen molar-refractivity contribution in [2.45, 2.75) is 52.7 Å². The predicted octanol–water partition coefficient (Wildman–Crippen LogP) is 2.12. The summed E-state index contributed by atoms with van der Waals surface area (Å²) in [7, 11) is 0. The number of hydrogen-bond donors (Lipinski definition) is 0. The number of hydrogen-bond acceptors (Lipinski definition) is 5. The van der Waals surface area contributed by atoms with Crippen LogP contribution in [0.25, 0.3) is 0 Å². The summed E-state index contributed by atoms with van der Waals surface area (Å²) in [4.78, 5) is 8.03. The molecule has 0 bridgehead atoms. The maximum Gasteiger partial charge on any atom is 0.167 e. The highest BCUT2D eigenvalue weighted by Gasteiger charge is 2.19. The molecule has 0 saturated carbocycles. The average Bonchev–Trinajstić information content (AvgIpc) is 2.28. The number of nitrogens with zero attached hydrogens (tertiary/aromatic N) is 2. The van der Waals surface area contributed by atoms with Crippen LogP contribution in [0.5, 0.6) is 0 Å². The lowest BCUT2D eigenvalue weighted by molar-refractivity contribution is -0.255. The van der Waals surface area contributed by atoms with Crippen molar-refractivity contribution in [3.63, 3.8) is 0 Å². The lowest BCUT2D eigenvalue weighted by Crippen LogP contribution is -2.47. The van der Waals surface area contributed by atoms with Crippen molar-refractivity contribution >= 4 is 0 Å². The molecule has 0 spiro atoms. The Morgan fingerprint density at radius 2 is 1.35 bits per heavy atom. The normalized spacial score (nSPS) is 19.5. The van der Waals surface area contributed by atoms with E-state index in [9.17, 15) is 0 Å². The Kier molecular flexibility index (Phi) is 6.88. The fourth-order valence-electron chi connectivity index (χ4n) is 1.84. The van der Waals surface area contributed by atoms with Crippen LogP contribution in [-0.4, -0.2) is 67.3 Å². The summed E-state index contributed by atoms with van der Waals surface area (Å²) in [5, 5.41) is 1.99. The zero-order valence-electron chi connectivity index (χ0n) is 14.1. The number of ether oxygens (including phenoxy) is 2. The van der Waals surface area contributed by atoms with Crippen LogP contribution in [0, 0.1) is 0 Å². The summed E-state index contributed by atoms with van der Waals surface area (Å²) in [5.74, 6) is 0. The Labute approximate surface area is 124 Å². The van der Waals surface area contributed by atoms with Crippen molar-refractivity contribution in [2.75, 3.05) is 46.1 Å². The van der Waals surface area contributed by atoms with Gasteiger partial charge in [-0.05, 0) is 41.5 Å². The molecular weight excluding hydrogens is 256 g/mol. The standard InChI is InChI=1S/C15H32N2O3/c1-14(2,3)18-12-11-16-7-9-17(10-8-16)20-13-19-15(4,5)6/h7-13H2,1-6H3. The number of hydroxylamine groups is 2. The monoisotopic (exact) mass is 288 g/mol. The zero-order chi connectivity index (χ0) is 15.2. The molecular formula is C15H32N2O3. The van der Waals surface area contributed by atoms with E-state index in [-0.39, 0.29) is 11.2 Å². The maximum absolute atomic E-state index is 5.75. The van der Waals surface area contributed by atoms with Crippen molar-refractivity contribution < 1.29 is 14.3 Å². The van der Waals surface area contributed by atoms with Gasteiger partial charge in [0.2, 0.25) is 0 Å². The molecule has 0 amide bonds. The first-order valence-electron chi connectivity index (χ1n) is 7.54. The van der Waals surface area contributed by atoms with Gasteiger partial charge in [-0.3, -0.25) is 9.74 Å². The second-order valence-corrected chi connectivity index (χ2v) is 7.24. The first kappa shape index (κ1) is 17.9. The van der Waals surface area contributed by atoms with E-state index in [1.54, 1.807) is 0 Å². The molecule has 5 heteroatoms. The van der Waals surface area contributed by atoms with Gasteiger partial charge in [-0.2, -0.15) is 5.06 Å². The van der Waals surface area contributed by atoms with Crippen LogP contribution < -0.4 is 0 Å². The smallest absolute Gasteiger partial charge is 0.167 e. The average molecular weight is 288 g/mol. The first-order chi connectivity index (χ1) is 9.16. The van der Waals surface area contributed by atoms with Crippen LogP contribution >= 0.6 is 0 Å². The minimum atomic E-state index is -0.147. The Hall–Kier alpha value is -0.200. The van der Waals surface area contributed by atoms with Crippen molar-refractivity contribution in [1.29, 1.82) is 0 Å². The van der Waals surface area contributed by atoms with Crippen LogP contribution in [0.3, 0.4) is 0 Å². The molecule has 5 nitrogen and oxygen atoms in total. The van der Waals surface area contributed by atoms with E-state index >= 15 is 0 Å². The minimum absolute atomic E-state index is 0.0464. The third kappa shape index (κ3) is 8.87. The van der Waals surface area contributed by atoms with Gasteiger partial charge in [-0.1, -0.05) is 0 Å². The van der Waals surface area contributed by atoms with E-state index < -0.39 is 0 Å². The second-order valence-electron chi connectivity index (χ2n) is 7.24. The van der Waals surface area contributed by atoms with Gasteiger partial charge in [0.25, 0.3) is 0 Å². The summed E-state index contributed by atoms with van der Waals surface area (Å²) < 4.78 is 11.3. The molecule has 1 aliphatic heterocycles. The van der Waals surface area contributed by atoms with Gasteiger partial charge in [0.05, 0.1) is 17.8 Å². The highest BCUT2D eigenvalue weighted by Crippen LogP contribution is 2.09. The molecule has 120 valence electrons. The molecule has 1 saturated heterocycles. The van der Waals surface area contributed by atoms with Crippen LogP contribution in [-0.2, 0) is 14.3 Å². The highest BCUT2D eigenvalue weighted by molar-refractivity contribution is 4.68. The third-order valence-electron chi connectivity index (χ3n) is 3.00. The maximum atomic E-state index is 5.75. The fourth-order valence-corrected chi connectivity index (χ4v) is 1.84. The predicted molar refractivity (Wildman–Crippen MR) is 80.5 cm³/mol. The molecule has 0 aromatic heterocycles.